The number of carbonyl (C=O) groups excluding carboxylic acids is 3. The largest absolute Gasteiger partial charge is 0.497 e. The van der Waals surface area contributed by atoms with Crippen LogP contribution in [0.2, 0.25) is 0 Å². The highest BCUT2D eigenvalue weighted by molar-refractivity contribution is 6.19. The molecule has 1 heterocycles. The predicted molar refractivity (Wildman–Crippen MR) is 66.7 cm³/mol. The zero-order valence-corrected chi connectivity index (χ0v) is 10.9. The van der Waals surface area contributed by atoms with E-state index >= 15 is 0 Å². The van der Waals surface area contributed by atoms with Gasteiger partial charge in [0, 0.05) is 14.1 Å². The summed E-state index contributed by atoms with van der Waals surface area (Å²) in [4.78, 5) is 37.7. The van der Waals surface area contributed by atoms with Crippen LogP contribution in [0.1, 0.15) is 11.5 Å². The lowest BCUT2D eigenvalue weighted by molar-refractivity contribution is -0.143. The Labute approximate surface area is 110 Å². The summed E-state index contributed by atoms with van der Waals surface area (Å²) < 4.78 is 5.02. The van der Waals surface area contributed by atoms with E-state index in [1.54, 1.807) is 24.3 Å². The number of rotatable bonds is 2. The third kappa shape index (κ3) is 2.05. The van der Waals surface area contributed by atoms with Gasteiger partial charge in [0.15, 0.2) is 0 Å². The Bertz CT molecular complexity index is 514. The number of benzene rings is 1. The number of methoxy groups -OCH3 is 1. The van der Waals surface area contributed by atoms with Crippen LogP contribution in [0.25, 0.3) is 0 Å². The maximum Gasteiger partial charge on any atom is 0.332 e. The van der Waals surface area contributed by atoms with Gasteiger partial charge in [0.05, 0.1) is 7.11 Å². The molecule has 1 aliphatic heterocycles. The van der Waals surface area contributed by atoms with Crippen LogP contribution in [-0.4, -0.2) is 48.9 Å². The molecule has 0 N–H and O–H groups in total. The smallest absolute Gasteiger partial charge is 0.332 e. The number of imide groups is 2. The third-order valence-electron chi connectivity index (χ3n) is 3.18. The van der Waals surface area contributed by atoms with Crippen molar-refractivity contribution < 1.29 is 19.1 Å². The molecule has 0 radical (unpaired) electrons. The lowest BCUT2D eigenvalue weighted by Gasteiger charge is -2.32. The summed E-state index contributed by atoms with van der Waals surface area (Å²) in [5, 5.41) is 0. The van der Waals surface area contributed by atoms with Crippen LogP contribution in [-0.2, 0) is 9.59 Å². The Morgan fingerprint density at radius 1 is 0.947 bits per heavy atom. The topological polar surface area (TPSA) is 66.9 Å². The molecular weight excluding hydrogens is 248 g/mol. The van der Waals surface area contributed by atoms with E-state index in [0.717, 1.165) is 9.80 Å². The van der Waals surface area contributed by atoms with Crippen molar-refractivity contribution in [2.45, 2.75) is 5.92 Å². The standard InChI is InChI=1S/C13H14N2O4/c1-14-11(16)10(12(17)15(2)13(14)18)8-4-6-9(19-3)7-5-8/h4-7,10H,1-3H3. The van der Waals surface area contributed by atoms with Crippen LogP contribution in [0.4, 0.5) is 4.79 Å². The second-order valence-corrected chi connectivity index (χ2v) is 4.28. The molecule has 0 atom stereocenters. The zero-order valence-electron chi connectivity index (χ0n) is 10.9. The van der Waals surface area contributed by atoms with Gasteiger partial charge in [-0.1, -0.05) is 12.1 Å². The van der Waals surface area contributed by atoms with E-state index in [-0.39, 0.29) is 0 Å². The van der Waals surface area contributed by atoms with Crippen LogP contribution in [0.3, 0.4) is 0 Å². The second-order valence-electron chi connectivity index (χ2n) is 4.28. The molecule has 6 nitrogen and oxygen atoms in total. The number of likely N-dealkylation sites (N-methyl/N-ethyl adjacent to an activating group) is 2. The molecule has 0 aromatic heterocycles. The molecule has 1 fully saturated rings. The summed E-state index contributed by atoms with van der Waals surface area (Å²) in [7, 11) is 4.26. The molecule has 0 aliphatic carbocycles. The van der Waals surface area contributed by atoms with E-state index in [4.69, 9.17) is 4.74 Å². The second kappa shape index (κ2) is 4.72. The van der Waals surface area contributed by atoms with Crippen molar-refractivity contribution in [1.82, 2.24) is 9.80 Å². The maximum atomic E-state index is 12.1. The number of nitrogens with zero attached hydrogens (tertiary/aromatic N) is 2. The fourth-order valence-electron chi connectivity index (χ4n) is 1.99. The van der Waals surface area contributed by atoms with Gasteiger partial charge in [-0.3, -0.25) is 19.4 Å². The first-order chi connectivity index (χ1) is 8.97. The van der Waals surface area contributed by atoms with Gasteiger partial charge in [0.25, 0.3) is 0 Å². The molecule has 2 rings (SSSR count). The Balaban J connectivity index is 2.38. The van der Waals surface area contributed by atoms with Crippen molar-refractivity contribution in [3.05, 3.63) is 29.8 Å². The van der Waals surface area contributed by atoms with Crippen LogP contribution in [0.5, 0.6) is 5.75 Å². The molecule has 1 saturated heterocycles. The van der Waals surface area contributed by atoms with Gasteiger partial charge in [0.2, 0.25) is 11.8 Å². The number of barbiturate groups is 1. The van der Waals surface area contributed by atoms with E-state index in [2.05, 4.69) is 0 Å². The van der Waals surface area contributed by atoms with Gasteiger partial charge in [-0.25, -0.2) is 4.79 Å². The van der Waals surface area contributed by atoms with Gasteiger partial charge >= 0.3 is 6.03 Å². The first-order valence-electron chi connectivity index (χ1n) is 5.70. The van der Waals surface area contributed by atoms with Gasteiger partial charge in [-0.2, -0.15) is 0 Å². The molecule has 1 aromatic rings. The fourth-order valence-corrected chi connectivity index (χ4v) is 1.99. The first-order valence-corrected chi connectivity index (χ1v) is 5.70. The Morgan fingerprint density at radius 3 is 1.84 bits per heavy atom. The van der Waals surface area contributed by atoms with Crippen molar-refractivity contribution in [3.8, 4) is 5.75 Å². The molecule has 100 valence electrons. The average molecular weight is 262 g/mol. The first kappa shape index (κ1) is 13.1. The lowest BCUT2D eigenvalue weighted by atomic mass is 9.94. The Hall–Kier alpha value is -2.37. The third-order valence-corrected chi connectivity index (χ3v) is 3.18. The highest BCUT2D eigenvalue weighted by Gasteiger charge is 2.43. The van der Waals surface area contributed by atoms with Gasteiger partial charge < -0.3 is 4.74 Å². The van der Waals surface area contributed by atoms with E-state index in [1.807, 2.05) is 0 Å². The summed E-state index contributed by atoms with van der Waals surface area (Å²) in [6.45, 7) is 0. The molecule has 0 unspecified atom stereocenters. The summed E-state index contributed by atoms with van der Waals surface area (Å²) in [5.41, 5.74) is 0.544. The Kier molecular flexibility index (Phi) is 3.25. The number of urea groups is 1. The summed E-state index contributed by atoms with van der Waals surface area (Å²) in [6.07, 6.45) is 0. The molecular formula is C13H14N2O4. The normalized spacial score (nSPS) is 17.1. The highest BCUT2D eigenvalue weighted by Crippen LogP contribution is 2.26. The van der Waals surface area contributed by atoms with Crippen molar-refractivity contribution in [2.24, 2.45) is 0 Å². The molecule has 0 bridgehead atoms. The van der Waals surface area contributed by atoms with Crippen LogP contribution >= 0.6 is 0 Å². The molecule has 1 aliphatic rings. The van der Waals surface area contributed by atoms with Crippen molar-refractivity contribution in [2.75, 3.05) is 21.2 Å². The van der Waals surface area contributed by atoms with Crippen molar-refractivity contribution in [1.29, 1.82) is 0 Å². The lowest BCUT2D eigenvalue weighted by Crippen LogP contribution is -2.55. The number of hydrogen-bond donors (Lipinski definition) is 0. The minimum atomic E-state index is -0.974. The molecule has 0 saturated carbocycles. The SMILES string of the molecule is COc1ccc(C2C(=O)N(C)C(=O)N(C)C2=O)cc1. The molecule has 19 heavy (non-hydrogen) atoms. The van der Waals surface area contributed by atoms with Crippen LogP contribution in [0, 0.1) is 0 Å². The zero-order chi connectivity index (χ0) is 14.2. The summed E-state index contributed by atoms with van der Waals surface area (Å²) >= 11 is 0. The maximum absolute atomic E-state index is 12.1. The number of carbonyl (C=O) groups is 3. The quantitative estimate of drug-likeness (QED) is 0.740. The molecule has 0 spiro atoms. The minimum absolute atomic E-state index is 0.515. The highest BCUT2D eigenvalue weighted by atomic mass is 16.5. The van der Waals surface area contributed by atoms with Gasteiger partial charge in [-0.15, -0.1) is 0 Å². The van der Waals surface area contributed by atoms with Gasteiger partial charge in [0.1, 0.15) is 11.7 Å². The van der Waals surface area contributed by atoms with E-state index in [1.165, 1.54) is 21.2 Å². The van der Waals surface area contributed by atoms with E-state index in [9.17, 15) is 14.4 Å². The van der Waals surface area contributed by atoms with Crippen LogP contribution in [0.15, 0.2) is 24.3 Å². The van der Waals surface area contributed by atoms with E-state index < -0.39 is 23.8 Å². The Morgan fingerprint density at radius 2 is 1.42 bits per heavy atom. The molecule has 6 heteroatoms. The predicted octanol–water partition coefficient (Wildman–Crippen LogP) is 0.829. The number of ether oxygens (including phenoxy) is 1. The van der Waals surface area contributed by atoms with Crippen LogP contribution < -0.4 is 4.74 Å². The number of hydrogen-bond acceptors (Lipinski definition) is 4. The van der Waals surface area contributed by atoms with Crippen molar-refractivity contribution >= 4 is 17.8 Å². The van der Waals surface area contributed by atoms with E-state index in [0.29, 0.717) is 11.3 Å². The number of amides is 4. The monoisotopic (exact) mass is 262 g/mol. The summed E-state index contributed by atoms with van der Waals surface area (Å²) in [6, 6.07) is 6.03. The average Bonchev–Trinajstić information content (AvgIpc) is 2.44. The fraction of sp³-hybridized carbons (Fsp3) is 0.308. The molecule has 1 aromatic carbocycles. The summed E-state index contributed by atoms with van der Waals surface area (Å²) in [5.74, 6) is -1.37. The minimum Gasteiger partial charge on any atom is -0.497 e. The molecule has 4 amide bonds. The van der Waals surface area contributed by atoms with Crippen molar-refractivity contribution in [3.63, 3.8) is 0 Å². The van der Waals surface area contributed by atoms with Gasteiger partial charge in [-0.05, 0) is 17.7 Å².